The Morgan fingerprint density at radius 1 is 1.05 bits per heavy atom. The van der Waals surface area contributed by atoms with Crippen LogP contribution >= 0.6 is 0 Å². The molecule has 3 saturated heterocycles. The van der Waals surface area contributed by atoms with Crippen molar-refractivity contribution in [1.29, 1.82) is 0 Å². The summed E-state index contributed by atoms with van der Waals surface area (Å²) in [6, 6.07) is 0.114. The van der Waals surface area contributed by atoms with Crippen molar-refractivity contribution in [2.24, 2.45) is 5.92 Å². The van der Waals surface area contributed by atoms with Crippen LogP contribution in [0.2, 0.25) is 0 Å². The van der Waals surface area contributed by atoms with Crippen LogP contribution < -0.4 is 5.32 Å². The van der Waals surface area contributed by atoms with E-state index in [1.54, 1.807) is 4.31 Å². The number of hydrogen-bond donors (Lipinski definition) is 2. The molecule has 0 aromatic heterocycles. The third-order valence-corrected chi connectivity index (χ3v) is 7.20. The van der Waals surface area contributed by atoms with Gasteiger partial charge in [-0.05, 0) is 64.0 Å². The number of sulfonamides is 1. The highest BCUT2D eigenvalue weighted by Gasteiger charge is 2.46. The summed E-state index contributed by atoms with van der Waals surface area (Å²) in [5.41, 5.74) is 0. The second-order valence-corrected chi connectivity index (χ2v) is 8.63. The topological polar surface area (TPSA) is 69.6 Å². The van der Waals surface area contributed by atoms with E-state index in [-0.39, 0.29) is 18.2 Å². The molecule has 116 valence electrons. The number of nitrogens with zero attached hydrogens (tertiary/aromatic N) is 1. The van der Waals surface area contributed by atoms with Crippen molar-refractivity contribution in [3.8, 4) is 0 Å². The molecule has 2 N–H and O–H groups in total. The quantitative estimate of drug-likeness (QED) is 0.802. The van der Waals surface area contributed by atoms with Gasteiger partial charge in [0, 0.05) is 12.1 Å². The fourth-order valence-corrected chi connectivity index (χ4v) is 6.28. The summed E-state index contributed by atoms with van der Waals surface area (Å²) in [4.78, 5) is 0. The van der Waals surface area contributed by atoms with E-state index in [9.17, 15) is 13.5 Å². The first-order valence-corrected chi connectivity index (χ1v) is 9.57. The van der Waals surface area contributed by atoms with E-state index in [4.69, 9.17) is 0 Å². The zero-order valence-electron chi connectivity index (χ0n) is 12.0. The van der Waals surface area contributed by atoms with Crippen LogP contribution in [0, 0.1) is 5.92 Å². The van der Waals surface area contributed by atoms with E-state index in [1.165, 1.54) is 0 Å². The van der Waals surface area contributed by atoms with Gasteiger partial charge >= 0.3 is 0 Å². The Balaban J connectivity index is 1.60. The molecule has 2 unspecified atom stereocenters. The first kappa shape index (κ1) is 14.8. The molecule has 3 rings (SSSR count). The lowest BCUT2D eigenvalue weighted by Gasteiger charge is -2.36. The third-order valence-electron chi connectivity index (χ3n) is 5.21. The van der Waals surface area contributed by atoms with E-state index < -0.39 is 10.0 Å². The van der Waals surface area contributed by atoms with Gasteiger partial charge in [0.15, 0.2) is 0 Å². The van der Waals surface area contributed by atoms with Crippen LogP contribution in [0.15, 0.2) is 0 Å². The van der Waals surface area contributed by atoms with Gasteiger partial charge in [-0.2, -0.15) is 4.31 Å². The monoisotopic (exact) mass is 302 g/mol. The summed E-state index contributed by atoms with van der Waals surface area (Å²) >= 11 is 0. The summed E-state index contributed by atoms with van der Waals surface area (Å²) < 4.78 is 27.0. The minimum Gasteiger partial charge on any atom is -0.393 e. The van der Waals surface area contributed by atoms with Crippen LogP contribution in [-0.2, 0) is 10.0 Å². The number of fused-ring (bicyclic) bond motifs is 2. The van der Waals surface area contributed by atoms with Gasteiger partial charge in [0.05, 0.1) is 11.9 Å². The van der Waals surface area contributed by atoms with Gasteiger partial charge in [-0.1, -0.05) is 0 Å². The average molecular weight is 302 g/mol. The maximum atomic E-state index is 12.6. The van der Waals surface area contributed by atoms with Crippen molar-refractivity contribution in [3.05, 3.63) is 0 Å². The lowest BCUT2D eigenvalue weighted by Crippen LogP contribution is -2.48. The van der Waals surface area contributed by atoms with Crippen LogP contribution in [-0.4, -0.2) is 54.9 Å². The predicted molar refractivity (Wildman–Crippen MR) is 77.9 cm³/mol. The highest BCUT2D eigenvalue weighted by atomic mass is 32.2. The first-order chi connectivity index (χ1) is 9.56. The van der Waals surface area contributed by atoms with Gasteiger partial charge in [0.25, 0.3) is 0 Å². The maximum Gasteiger partial charge on any atom is 0.214 e. The number of aliphatic hydroxyl groups excluding tert-OH is 1. The number of rotatable bonds is 4. The summed E-state index contributed by atoms with van der Waals surface area (Å²) in [7, 11) is -3.14. The SMILES string of the molecule is O=S(=O)(CCC1CCNCC1)N1C2CCC1CC(O)C2. The first-order valence-electron chi connectivity index (χ1n) is 7.96. The lowest BCUT2D eigenvalue weighted by atomic mass is 9.96. The van der Waals surface area contributed by atoms with Gasteiger partial charge in [0.1, 0.15) is 0 Å². The molecule has 3 aliphatic rings. The molecule has 0 spiro atoms. The van der Waals surface area contributed by atoms with Gasteiger partial charge in [0.2, 0.25) is 10.0 Å². The summed E-state index contributed by atoms with van der Waals surface area (Å²) in [6.07, 6.45) is 5.79. The highest BCUT2D eigenvalue weighted by Crippen LogP contribution is 2.38. The zero-order valence-corrected chi connectivity index (χ0v) is 12.8. The Hall–Kier alpha value is -0.170. The number of nitrogens with one attached hydrogen (secondary N) is 1. The maximum absolute atomic E-state index is 12.6. The smallest absolute Gasteiger partial charge is 0.214 e. The molecular weight excluding hydrogens is 276 g/mol. The Kier molecular flexibility index (Phi) is 4.36. The average Bonchev–Trinajstić information content (AvgIpc) is 2.72. The van der Waals surface area contributed by atoms with Crippen molar-refractivity contribution in [1.82, 2.24) is 9.62 Å². The molecule has 0 aromatic rings. The summed E-state index contributed by atoms with van der Waals surface area (Å²) in [5.74, 6) is 0.847. The summed E-state index contributed by atoms with van der Waals surface area (Å²) in [5, 5.41) is 13.1. The third kappa shape index (κ3) is 3.03. The second kappa shape index (κ2) is 5.91. The number of aliphatic hydroxyl groups is 1. The largest absolute Gasteiger partial charge is 0.393 e. The Morgan fingerprint density at radius 3 is 2.25 bits per heavy atom. The molecule has 0 aliphatic carbocycles. The molecule has 0 aromatic carbocycles. The van der Waals surface area contributed by atoms with E-state index in [0.29, 0.717) is 24.5 Å². The van der Waals surface area contributed by atoms with Crippen LogP contribution in [0.1, 0.15) is 44.9 Å². The molecule has 2 atom stereocenters. The fraction of sp³-hybridized carbons (Fsp3) is 1.00. The van der Waals surface area contributed by atoms with Crippen LogP contribution in [0.5, 0.6) is 0 Å². The van der Waals surface area contributed by atoms with Crippen molar-refractivity contribution < 1.29 is 13.5 Å². The Labute approximate surface area is 121 Å². The molecular formula is C14H26N2O3S. The Bertz CT molecular complexity index is 420. The minimum atomic E-state index is -3.14. The zero-order chi connectivity index (χ0) is 14.2. The molecule has 5 nitrogen and oxygen atoms in total. The molecule has 0 radical (unpaired) electrons. The molecule has 3 heterocycles. The van der Waals surface area contributed by atoms with Crippen molar-refractivity contribution in [2.75, 3.05) is 18.8 Å². The van der Waals surface area contributed by atoms with E-state index in [1.807, 2.05) is 0 Å². The lowest BCUT2D eigenvalue weighted by molar-refractivity contribution is 0.0768. The van der Waals surface area contributed by atoms with E-state index >= 15 is 0 Å². The number of hydrogen-bond acceptors (Lipinski definition) is 4. The molecule has 2 bridgehead atoms. The van der Waals surface area contributed by atoms with E-state index in [0.717, 1.165) is 45.2 Å². The van der Waals surface area contributed by atoms with Crippen LogP contribution in [0.25, 0.3) is 0 Å². The minimum absolute atomic E-state index is 0.0572. The molecule has 0 amide bonds. The highest BCUT2D eigenvalue weighted by molar-refractivity contribution is 7.89. The van der Waals surface area contributed by atoms with Crippen molar-refractivity contribution in [2.45, 2.75) is 63.1 Å². The van der Waals surface area contributed by atoms with Crippen molar-refractivity contribution >= 4 is 10.0 Å². The van der Waals surface area contributed by atoms with Crippen LogP contribution in [0.3, 0.4) is 0 Å². The predicted octanol–water partition coefficient (Wildman–Crippen LogP) is 0.694. The van der Waals surface area contributed by atoms with Crippen molar-refractivity contribution in [3.63, 3.8) is 0 Å². The van der Waals surface area contributed by atoms with Crippen LogP contribution in [0.4, 0.5) is 0 Å². The molecule has 3 fully saturated rings. The Morgan fingerprint density at radius 2 is 1.65 bits per heavy atom. The van der Waals surface area contributed by atoms with Gasteiger partial charge in [-0.3, -0.25) is 0 Å². The molecule has 20 heavy (non-hydrogen) atoms. The van der Waals surface area contributed by atoms with Gasteiger partial charge in [-0.15, -0.1) is 0 Å². The van der Waals surface area contributed by atoms with Gasteiger partial charge < -0.3 is 10.4 Å². The fourth-order valence-electron chi connectivity index (χ4n) is 4.15. The normalized spacial score (nSPS) is 36.4. The standard InChI is InChI=1S/C14H26N2O3S/c17-14-9-12-1-2-13(10-14)16(12)20(18,19)8-5-11-3-6-15-7-4-11/h11-15,17H,1-10H2. The van der Waals surface area contributed by atoms with E-state index in [2.05, 4.69) is 5.32 Å². The molecule has 0 saturated carbocycles. The molecule has 3 aliphatic heterocycles. The molecule has 6 heteroatoms. The second-order valence-electron chi connectivity index (χ2n) is 6.64. The van der Waals surface area contributed by atoms with Gasteiger partial charge in [-0.25, -0.2) is 8.42 Å². The summed E-state index contributed by atoms with van der Waals surface area (Å²) in [6.45, 7) is 2.04. The number of piperidine rings is 2.